The monoisotopic (exact) mass is 1040 g/mol. The number of unbranched alkanes of at least 4 members (excludes halogenated alkanes) is 24. The highest BCUT2D eigenvalue weighted by atomic mass is 79.9. The molecule has 0 spiro atoms. The van der Waals surface area contributed by atoms with Gasteiger partial charge in [-0.25, -0.2) is 9.59 Å². The van der Waals surface area contributed by atoms with Crippen LogP contribution >= 0.6 is 54.5 Å². The van der Waals surface area contributed by atoms with Gasteiger partial charge in [0.05, 0.1) is 28.1 Å². The molecule has 0 fully saturated rings. The molecule has 64 heavy (non-hydrogen) atoms. The fourth-order valence-electron chi connectivity index (χ4n) is 9.74. The van der Waals surface area contributed by atoms with E-state index in [9.17, 15) is 9.59 Å². The fourth-order valence-corrected chi connectivity index (χ4v) is 13.0. The smallest absolute Gasteiger partial charge is 0.344 e. The van der Waals surface area contributed by atoms with E-state index < -0.39 is 11.3 Å². The Kier molecular flexibility index (Phi) is 28.5. The molecule has 0 saturated heterocycles. The minimum atomic E-state index is -0.479. The van der Waals surface area contributed by atoms with Crippen molar-refractivity contribution in [3.05, 3.63) is 63.8 Å². The van der Waals surface area contributed by atoms with Crippen LogP contribution < -0.4 is 11.3 Å². The molecule has 8 heteroatoms. The minimum Gasteiger partial charge on any atom is -0.421 e. The van der Waals surface area contributed by atoms with Gasteiger partial charge < -0.3 is 8.83 Å². The molecule has 0 radical (unpaired) electrons. The normalized spacial score (nSPS) is 12.8. The van der Waals surface area contributed by atoms with Crippen molar-refractivity contribution in [1.82, 2.24) is 0 Å². The van der Waals surface area contributed by atoms with Crippen molar-refractivity contribution >= 4 is 65.3 Å². The zero-order chi connectivity index (χ0) is 45.8. The molecule has 4 aromatic heterocycles. The SMILES string of the molecule is CCCCCCCCCCC(CCCCCCCC)Cc1cc(Br)sc1-c1cc2c(=O)oc(-c3sc(Br)cc3CC(CCCCCCCC)CCCCCCCCCC)cc2c(=O)o1. The van der Waals surface area contributed by atoms with Crippen LogP contribution in [0.5, 0.6) is 0 Å². The Balaban J connectivity index is 1.51. The molecule has 0 amide bonds. The number of fused-ring (bicyclic) bond motifs is 1. The summed E-state index contributed by atoms with van der Waals surface area (Å²) in [5, 5.41) is 0.585. The largest absolute Gasteiger partial charge is 0.421 e. The summed E-state index contributed by atoms with van der Waals surface area (Å²) in [7, 11) is 0. The van der Waals surface area contributed by atoms with Gasteiger partial charge in [-0.3, -0.25) is 0 Å². The van der Waals surface area contributed by atoms with Crippen LogP contribution in [0.4, 0.5) is 0 Å². The van der Waals surface area contributed by atoms with E-state index in [2.05, 4.69) is 71.7 Å². The second kappa shape index (κ2) is 33.1. The summed E-state index contributed by atoms with van der Waals surface area (Å²) in [4.78, 5) is 29.8. The third-order valence-electron chi connectivity index (χ3n) is 13.6. The minimum absolute atomic E-state index is 0.292. The van der Waals surface area contributed by atoms with Crippen LogP contribution in [0, 0.1) is 11.8 Å². The zero-order valence-electron chi connectivity index (χ0n) is 40.7. The van der Waals surface area contributed by atoms with E-state index in [4.69, 9.17) is 8.83 Å². The molecule has 0 aliphatic rings. The number of hydrogen-bond donors (Lipinski definition) is 0. The Morgan fingerprint density at radius 2 is 0.672 bits per heavy atom. The molecule has 4 rings (SSSR count). The van der Waals surface area contributed by atoms with Crippen LogP contribution in [0.25, 0.3) is 32.0 Å². The topological polar surface area (TPSA) is 60.4 Å². The molecule has 4 nitrogen and oxygen atoms in total. The summed E-state index contributed by atoms with van der Waals surface area (Å²) >= 11 is 10.7. The molecule has 360 valence electrons. The molecule has 2 atom stereocenters. The Bertz CT molecular complexity index is 1820. The van der Waals surface area contributed by atoms with Gasteiger partial charge >= 0.3 is 11.3 Å². The summed E-state index contributed by atoms with van der Waals surface area (Å²) in [5.74, 6) is 2.09. The van der Waals surface area contributed by atoms with E-state index in [0.717, 1.165) is 30.2 Å². The lowest BCUT2D eigenvalue weighted by molar-refractivity contribution is 0.400. The van der Waals surface area contributed by atoms with Gasteiger partial charge in [-0.2, -0.15) is 0 Å². The predicted octanol–water partition coefficient (Wildman–Crippen LogP) is 20.6. The number of rotatable bonds is 38. The molecule has 0 aromatic carbocycles. The van der Waals surface area contributed by atoms with E-state index in [-0.39, 0.29) is 0 Å². The summed E-state index contributed by atoms with van der Waals surface area (Å²) in [6.45, 7) is 9.13. The van der Waals surface area contributed by atoms with Crippen molar-refractivity contribution in [2.45, 2.75) is 246 Å². The van der Waals surface area contributed by atoms with Crippen molar-refractivity contribution in [3.63, 3.8) is 0 Å². The van der Waals surface area contributed by atoms with Gasteiger partial charge in [-0.05, 0) is 91.9 Å². The van der Waals surface area contributed by atoms with E-state index in [1.165, 1.54) is 217 Å². The molecule has 2 unspecified atom stereocenters. The van der Waals surface area contributed by atoms with Gasteiger partial charge in [0.25, 0.3) is 0 Å². The van der Waals surface area contributed by atoms with Gasteiger partial charge in [-0.1, -0.05) is 233 Å². The van der Waals surface area contributed by atoms with Crippen molar-refractivity contribution < 1.29 is 8.83 Å². The Morgan fingerprint density at radius 1 is 0.406 bits per heavy atom. The third kappa shape index (κ3) is 20.4. The Labute approximate surface area is 414 Å². The predicted molar refractivity (Wildman–Crippen MR) is 288 cm³/mol. The van der Waals surface area contributed by atoms with E-state index in [0.29, 0.717) is 34.1 Å². The summed E-state index contributed by atoms with van der Waals surface area (Å²) < 4.78 is 14.4. The van der Waals surface area contributed by atoms with E-state index in [1.54, 1.807) is 34.8 Å². The summed E-state index contributed by atoms with van der Waals surface area (Å²) in [6.07, 6.45) is 43.8. The van der Waals surface area contributed by atoms with Crippen LogP contribution in [0.1, 0.15) is 244 Å². The van der Waals surface area contributed by atoms with Crippen LogP contribution in [0.2, 0.25) is 0 Å². The van der Waals surface area contributed by atoms with Crippen LogP contribution in [0.3, 0.4) is 0 Å². The average molecular weight is 1050 g/mol. The zero-order valence-corrected chi connectivity index (χ0v) is 45.5. The Hall–Kier alpha value is -1.48. The van der Waals surface area contributed by atoms with E-state index >= 15 is 0 Å². The first-order chi connectivity index (χ1) is 31.3. The van der Waals surface area contributed by atoms with Gasteiger partial charge in [0.15, 0.2) is 0 Å². The molecule has 0 N–H and O–H groups in total. The molecule has 4 heterocycles. The van der Waals surface area contributed by atoms with E-state index in [1.807, 2.05) is 0 Å². The van der Waals surface area contributed by atoms with Crippen molar-refractivity contribution in [1.29, 1.82) is 0 Å². The van der Waals surface area contributed by atoms with Gasteiger partial charge in [0.1, 0.15) is 11.5 Å². The highest BCUT2D eigenvalue weighted by molar-refractivity contribution is 9.11. The second-order valence-corrected chi connectivity index (χ2v) is 24.1. The standard InChI is InChI=1S/C56H86Br2O4S2/c1-5-9-13-17-21-23-27-31-35-43(33-29-25-19-15-11-7-3)37-45-39-51(57)63-53(45)49-41-47-48(55(59)61-49)42-50(62-56(47)60)54-46(40-52(58)64-54)38-44(34-30-26-20-16-12-8-4)36-32-28-24-22-18-14-10-6-2/h39-44H,5-38H2,1-4H3. The maximum atomic E-state index is 13.9. The van der Waals surface area contributed by atoms with Crippen molar-refractivity contribution in [2.24, 2.45) is 11.8 Å². The van der Waals surface area contributed by atoms with Gasteiger partial charge in [-0.15, -0.1) is 22.7 Å². The molecule has 0 saturated carbocycles. The number of thiophene rings is 2. The quantitative estimate of drug-likeness (QED) is 0.0420. The number of hydrogen-bond acceptors (Lipinski definition) is 6. The highest BCUT2D eigenvalue weighted by Gasteiger charge is 2.23. The maximum absolute atomic E-state index is 13.9. The third-order valence-corrected chi connectivity index (χ3v) is 17.0. The lowest BCUT2D eigenvalue weighted by atomic mass is 9.88. The lowest BCUT2D eigenvalue weighted by Crippen LogP contribution is -2.10. The molecule has 0 aliphatic heterocycles. The molecule has 4 aromatic rings. The first-order valence-corrected chi connectivity index (χ1v) is 29.7. The highest BCUT2D eigenvalue weighted by Crippen LogP contribution is 2.41. The molecule has 0 aliphatic carbocycles. The van der Waals surface area contributed by atoms with Crippen LogP contribution in [0.15, 0.2) is 50.3 Å². The lowest BCUT2D eigenvalue weighted by Gasteiger charge is -2.18. The van der Waals surface area contributed by atoms with Crippen molar-refractivity contribution in [3.8, 4) is 21.3 Å². The van der Waals surface area contributed by atoms with Crippen LogP contribution in [-0.4, -0.2) is 0 Å². The first kappa shape index (κ1) is 55.1. The second-order valence-electron chi connectivity index (χ2n) is 19.2. The fraction of sp³-hybridized carbons (Fsp3) is 0.714. The first-order valence-electron chi connectivity index (χ1n) is 26.5. The molecule has 0 bridgehead atoms. The maximum Gasteiger partial charge on any atom is 0.344 e. The number of halogens is 2. The van der Waals surface area contributed by atoms with Gasteiger partial charge in [0, 0.05) is 0 Å². The van der Waals surface area contributed by atoms with Crippen molar-refractivity contribution in [2.75, 3.05) is 0 Å². The summed E-state index contributed by atoms with van der Waals surface area (Å²) in [6, 6.07) is 7.95. The molecular weight excluding hydrogens is 961 g/mol. The van der Waals surface area contributed by atoms with Crippen LogP contribution in [-0.2, 0) is 12.8 Å². The average Bonchev–Trinajstić information content (AvgIpc) is 3.85. The van der Waals surface area contributed by atoms with Gasteiger partial charge in [0.2, 0.25) is 0 Å². The Morgan fingerprint density at radius 3 is 0.953 bits per heavy atom. The molecular formula is C56H86Br2O4S2. The summed E-state index contributed by atoms with van der Waals surface area (Å²) in [5.41, 5.74) is 1.44.